The standard InChI is InChI=1S/C7H12O2S/c1-3-5-6-7(4-2)10(8)9/h3-5,7H,2,6H2,1H3,(H,8,9)/b5-3+. The molecule has 0 rings (SSSR count). The minimum absolute atomic E-state index is 0.323. The molecule has 0 bridgehead atoms. The first-order valence-electron chi connectivity index (χ1n) is 3.05. The molecular formula is C7H12O2S. The molecule has 0 amide bonds. The van der Waals surface area contributed by atoms with Gasteiger partial charge in [-0.15, -0.1) is 6.58 Å². The highest BCUT2D eigenvalue weighted by atomic mass is 32.2. The summed E-state index contributed by atoms with van der Waals surface area (Å²) in [6.07, 6.45) is 5.78. The Kier molecular flexibility index (Phi) is 5.16. The number of hydrogen-bond donors (Lipinski definition) is 1. The fourth-order valence-electron chi connectivity index (χ4n) is 0.531. The van der Waals surface area contributed by atoms with Crippen LogP contribution in [-0.4, -0.2) is 14.0 Å². The molecule has 0 aromatic rings. The van der Waals surface area contributed by atoms with Crippen molar-refractivity contribution < 1.29 is 8.76 Å². The molecule has 2 nitrogen and oxygen atoms in total. The minimum Gasteiger partial charge on any atom is -0.306 e. The fraction of sp³-hybridized carbons (Fsp3) is 0.429. The zero-order valence-corrected chi connectivity index (χ0v) is 6.80. The largest absolute Gasteiger partial charge is 0.306 e. The predicted octanol–water partition coefficient (Wildman–Crippen LogP) is 1.73. The first-order chi connectivity index (χ1) is 4.72. The Morgan fingerprint density at radius 3 is 2.70 bits per heavy atom. The van der Waals surface area contributed by atoms with Crippen molar-refractivity contribution in [3.63, 3.8) is 0 Å². The minimum atomic E-state index is -1.77. The van der Waals surface area contributed by atoms with Crippen molar-refractivity contribution in [2.45, 2.75) is 18.6 Å². The molecule has 0 aliphatic carbocycles. The van der Waals surface area contributed by atoms with E-state index in [1.807, 2.05) is 19.1 Å². The lowest BCUT2D eigenvalue weighted by atomic mass is 10.3. The van der Waals surface area contributed by atoms with Crippen LogP contribution in [0.15, 0.2) is 24.8 Å². The second kappa shape index (κ2) is 5.38. The van der Waals surface area contributed by atoms with Gasteiger partial charge in [-0.3, -0.25) is 0 Å². The van der Waals surface area contributed by atoms with Gasteiger partial charge in [-0.05, 0) is 13.3 Å². The van der Waals surface area contributed by atoms with Gasteiger partial charge in [0, 0.05) is 0 Å². The molecule has 2 atom stereocenters. The maximum Gasteiger partial charge on any atom is 0.160 e. The van der Waals surface area contributed by atoms with E-state index in [4.69, 9.17) is 4.55 Å². The van der Waals surface area contributed by atoms with Crippen LogP contribution in [0.3, 0.4) is 0 Å². The third-order valence-corrected chi connectivity index (χ3v) is 2.03. The first kappa shape index (κ1) is 9.59. The van der Waals surface area contributed by atoms with E-state index in [9.17, 15) is 4.21 Å². The van der Waals surface area contributed by atoms with Gasteiger partial charge in [-0.2, -0.15) is 0 Å². The molecule has 58 valence electrons. The van der Waals surface area contributed by atoms with Crippen LogP contribution < -0.4 is 0 Å². The molecule has 0 aromatic heterocycles. The maximum absolute atomic E-state index is 10.4. The van der Waals surface area contributed by atoms with Gasteiger partial charge in [-0.25, -0.2) is 4.21 Å². The van der Waals surface area contributed by atoms with Crippen molar-refractivity contribution in [1.82, 2.24) is 0 Å². The molecule has 10 heavy (non-hydrogen) atoms. The maximum atomic E-state index is 10.4. The van der Waals surface area contributed by atoms with E-state index in [1.54, 1.807) is 0 Å². The quantitative estimate of drug-likeness (QED) is 0.502. The summed E-state index contributed by atoms with van der Waals surface area (Å²) in [6.45, 7) is 5.32. The second-order valence-electron chi connectivity index (χ2n) is 1.86. The zero-order valence-electron chi connectivity index (χ0n) is 5.99. The predicted molar refractivity (Wildman–Crippen MR) is 44.2 cm³/mol. The summed E-state index contributed by atoms with van der Waals surface area (Å²) in [6, 6.07) is 0. The third-order valence-electron chi connectivity index (χ3n) is 1.13. The summed E-state index contributed by atoms with van der Waals surface area (Å²) in [4.78, 5) is 0. The van der Waals surface area contributed by atoms with Crippen molar-refractivity contribution in [3.8, 4) is 0 Å². The number of allylic oxidation sites excluding steroid dienone is 2. The molecule has 0 heterocycles. The van der Waals surface area contributed by atoms with Crippen LogP contribution in [-0.2, 0) is 11.1 Å². The van der Waals surface area contributed by atoms with E-state index in [0.717, 1.165) is 0 Å². The van der Waals surface area contributed by atoms with Crippen molar-refractivity contribution in [3.05, 3.63) is 24.8 Å². The van der Waals surface area contributed by atoms with E-state index in [2.05, 4.69) is 6.58 Å². The third kappa shape index (κ3) is 3.58. The lowest BCUT2D eigenvalue weighted by molar-refractivity contribution is 0.556. The Morgan fingerprint density at radius 2 is 2.40 bits per heavy atom. The lowest BCUT2D eigenvalue weighted by Gasteiger charge is -2.01. The highest BCUT2D eigenvalue weighted by molar-refractivity contribution is 7.80. The first-order valence-corrected chi connectivity index (χ1v) is 4.22. The normalized spacial score (nSPS) is 17.0. The summed E-state index contributed by atoms with van der Waals surface area (Å²) in [5.74, 6) is 0. The molecule has 0 radical (unpaired) electrons. The SMILES string of the molecule is C=CC(C/C=C/C)S(=O)O. The van der Waals surface area contributed by atoms with Gasteiger partial charge in [0.25, 0.3) is 0 Å². The van der Waals surface area contributed by atoms with Gasteiger partial charge >= 0.3 is 0 Å². The average Bonchev–Trinajstić information content (AvgIpc) is 1.89. The number of rotatable bonds is 4. The summed E-state index contributed by atoms with van der Waals surface area (Å²) in [7, 11) is 0. The van der Waals surface area contributed by atoms with Crippen LogP contribution in [0.1, 0.15) is 13.3 Å². The van der Waals surface area contributed by atoms with E-state index >= 15 is 0 Å². The Balaban J connectivity index is 3.83. The van der Waals surface area contributed by atoms with Crippen LogP contribution in [0.2, 0.25) is 0 Å². The van der Waals surface area contributed by atoms with Gasteiger partial charge in [0.15, 0.2) is 11.1 Å². The number of hydrogen-bond acceptors (Lipinski definition) is 1. The molecule has 0 aliphatic heterocycles. The second-order valence-corrected chi connectivity index (χ2v) is 3.01. The molecule has 0 aliphatic rings. The van der Waals surface area contributed by atoms with E-state index in [1.165, 1.54) is 6.08 Å². The fourth-order valence-corrected chi connectivity index (χ4v) is 0.971. The van der Waals surface area contributed by atoms with Crippen LogP contribution >= 0.6 is 0 Å². The summed E-state index contributed by atoms with van der Waals surface area (Å²) < 4.78 is 19.0. The molecule has 0 fully saturated rings. The summed E-state index contributed by atoms with van der Waals surface area (Å²) in [5, 5.41) is -0.323. The molecule has 0 spiro atoms. The Labute approximate surface area is 63.9 Å². The molecule has 3 heteroatoms. The highest BCUT2D eigenvalue weighted by Gasteiger charge is 2.06. The van der Waals surface area contributed by atoms with Crippen LogP contribution in [0.4, 0.5) is 0 Å². The molecule has 2 unspecified atom stereocenters. The van der Waals surface area contributed by atoms with Crippen molar-refractivity contribution in [1.29, 1.82) is 0 Å². The zero-order chi connectivity index (χ0) is 7.98. The molecular weight excluding hydrogens is 148 g/mol. The van der Waals surface area contributed by atoms with E-state index < -0.39 is 11.1 Å². The van der Waals surface area contributed by atoms with Gasteiger partial charge in [0.1, 0.15) is 0 Å². The molecule has 0 aromatic carbocycles. The van der Waals surface area contributed by atoms with E-state index in [0.29, 0.717) is 6.42 Å². The molecule has 1 N–H and O–H groups in total. The van der Waals surface area contributed by atoms with Gasteiger partial charge in [0.2, 0.25) is 0 Å². The Bertz CT molecular complexity index is 152. The lowest BCUT2D eigenvalue weighted by Crippen LogP contribution is -2.09. The van der Waals surface area contributed by atoms with Crippen LogP contribution in [0.25, 0.3) is 0 Å². The molecule has 0 saturated heterocycles. The van der Waals surface area contributed by atoms with Crippen LogP contribution in [0, 0.1) is 0 Å². The van der Waals surface area contributed by atoms with Crippen molar-refractivity contribution >= 4 is 11.1 Å². The summed E-state index contributed by atoms with van der Waals surface area (Å²) >= 11 is -1.77. The van der Waals surface area contributed by atoms with Gasteiger partial charge in [0.05, 0.1) is 5.25 Å². The van der Waals surface area contributed by atoms with Gasteiger partial charge < -0.3 is 4.55 Å². The average molecular weight is 160 g/mol. The highest BCUT2D eigenvalue weighted by Crippen LogP contribution is 2.01. The van der Waals surface area contributed by atoms with Gasteiger partial charge in [-0.1, -0.05) is 18.2 Å². The Morgan fingerprint density at radius 1 is 1.80 bits per heavy atom. The topological polar surface area (TPSA) is 37.3 Å². The summed E-state index contributed by atoms with van der Waals surface area (Å²) in [5.41, 5.74) is 0. The van der Waals surface area contributed by atoms with Crippen molar-refractivity contribution in [2.24, 2.45) is 0 Å². The van der Waals surface area contributed by atoms with Crippen LogP contribution in [0.5, 0.6) is 0 Å². The molecule has 0 saturated carbocycles. The van der Waals surface area contributed by atoms with E-state index in [-0.39, 0.29) is 5.25 Å². The van der Waals surface area contributed by atoms with Crippen molar-refractivity contribution in [2.75, 3.05) is 0 Å². The smallest absolute Gasteiger partial charge is 0.160 e. The Hall–Kier alpha value is -0.410. The monoisotopic (exact) mass is 160 g/mol.